The Bertz CT molecular complexity index is 1230. The first kappa shape index (κ1) is 22.4. The quantitative estimate of drug-likeness (QED) is 0.432. The van der Waals surface area contributed by atoms with Crippen LogP contribution in [0.4, 0.5) is 10.1 Å². The molecule has 0 spiro atoms. The monoisotopic (exact) mass is 461 g/mol. The van der Waals surface area contributed by atoms with Crippen molar-refractivity contribution in [3.8, 4) is 6.07 Å². The highest BCUT2D eigenvalue weighted by atomic mass is 32.2. The van der Waals surface area contributed by atoms with Gasteiger partial charge in [-0.3, -0.25) is 14.5 Å². The Morgan fingerprint density at radius 3 is 2.55 bits per heavy atom. The van der Waals surface area contributed by atoms with Crippen LogP contribution < -0.4 is 10.2 Å². The Kier molecular flexibility index (Phi) is 6.61. The highest BCUT2D eigenvalue weighted by Crippen LogP contribution is 2.42. The van der Waals surface area contributed by atoms with Crippen LogP contribution in [0, 0.1) is 24.1 Å². The fraction of sp³-hybridized carbons (Fsp3) is 0.160. The number of nitrogens with one attached hydrogen (secondary N) is 1. The number of rotatable bonds is 6. The molecule has 0 bridgehead atoms. The molecule has 6 nitrogen and oxygen atoms in total. The Hall–Kier alpha value is -3.83. The summed E-state index contributed by atoms with van der Waals surface area (Å²) in [5.41, 5.74) is 2.22. The SMILES string of the molecule is Cc1ccc(N2C(=O)C(Cc3ccc(F)cc3)S/C2=C(\C#N)C(=O)NCc2ccco2)cc1. The second-order valence-electron chi connectivity index (χ2n) is 7.50. The maximum atomic E-state index is 13.4. The van der Waals surface area contributed by atoms with E-state index < -0.39 is 11.2 Å². The first-order valence-electron chi connectivity index (χ1n) is 10.2. The molecule has 1 aliphatic heterocycles. The second kappa shape index (κ2) is 9.76. The van der Waals surface area contributed by atoms with Gasteiger partial charge < -0.3 is 9.73 Å². The van der Waals surface area contributed by atoms with Gasteiger partial charge in [0.15, 0.2) is 0 Å². The minimum Gasteiger partial charge on any atom is -0.467 e. The summed E-state index contributed by atoms with van der Waals surface area (Å²) < 4.78 is 18.5. The minimum atomic E-state index is -0.594. The molecule has 166 valence electrons. The van der Waals surface area contributed by atoms with E-state index in [1.54, 1.807) is 36.4 Å². The molecule has 1 fully saturated rings. The van der Waals surface area contributed by atoms with Crippen LogP contribution in [0.1, 0.15) is 16.9 Å². The van der Waals surface area contributed by atoms with Gasteiger partial charge in [0.1, 0.15) is 28.2 Å². The van der Waals surface area contributed by atoms with Gasteiger partial charge >= 0.3 is 0 Å². The Morgan fingerprint density at radius 1 is 1.18 bits per heavy atom. The third-order valence-corrected chi connectivity index (χ3v) is 6.40. The number of thioether (sulfide) groups is 1. The molecule has 3 aromatic rings. The standard InChI is InChI=1S/C25H20FN3O3S/c1-16-4-10-19(11-5-16)29-24(31)22(13-17-6-8-18(26)9-7-17)33-25(29)21(14-27)23(30)28-15-20-3-2-12-32-20/h2-12,22H,13,15H2,1H3,(H,28,30)/b25-21+. The van der Waals surface area contributed by atoms with Gasteiger partial charge in [-0.1, -0.05) is 41.6 Å². The van der Waals surface area contributed by atoms with Crippen molar-refractivity contribution in [2.75, 3.05) is 4.90 Å². The van der Waals surface area contributed by atoms with E-state index in [2.05, 4.69) is 5.32 Å². The zero-order valence-corrected chi connectivity index (χ0v) is 18.6. The van der Waals surface area contributed by atoms with Gasteiger partial charge in [-0.25, -0.2) is 4.39 Å². The van der Waals surface area contributed by atoms with Crippen LogP contribution in [0.2, 0.25) is 0 Å². The fourth-order valence-electron chi connectivity index (χ4n) is 3.42. The van der Waals surface area contributed by atoms with Gasteiger partial charge in [-0.15, -0.1) is 0 Å². The molecule has 1 unspecified atom stereocenters. The van der Waals surface area contributed by atoms with Crippen molar-refractivity contribution in [2.45, 2.75) is 25.1 Å². The smallest absolute Gasteiger partial charge is 0.265 e. The molecular weight excluding hydrogens is 441 g/mol. The molecule has 4 rings (SSSR count). The summed E-state index contributed by atoms with van der Waals surface area (Å²) in [4.78, 5) is 27.7. The maximum Gasteiger partial charge on any atom is 0.265 e. The lowest BCUT2D eigenvalue weighted by Crippen LogP contribution is -2.32. The summed E-state index contributed by atoms with van der Waals surface area (Å²) in [6.07, 6.45) is 1.83. The minimum absolute atomic E-state index is 0.118. The van der Waals surface area contributed by atoms with E-state index in [0.29, 0.717) is 17.9 Å². The third-order valence-electron chi connectivity index (χ3n) is 5.14. The number of carbonyl (C=O) groups excluding carboxylic acids is 2. The number of furan rings is 1. The van der Waals surface area contributed by atoms with E-state index in [1.807, 2.05) is 25.1 Å². The maximum absolute atomic E-state index is 13.4. The summed E-state index contributed by atoms with van der Waals surface area (Å²) in [6.45, 7) is 2.05. The molecule has 2 amide bonds. The van der Waals surface area contributed by atoms with Gasteiger partial charge in [0, 0.05) is 5.69 Å². The van der Waals surface area contributed by atoms with Crippen molar-refractivity contribution in [1.29, 1.82) is 5.26 Å². The van der Waals surface area contributed by atoms with Gasteiger partial charge in [0.05, 0.1) is 18.1 Å². The van der Waals surface area contributed by atoms with E-state index in [1.165, 1.54) is 23.3 Å². The number of hydrogen-bond donors (Lipinski definition) is 1. The average molecular weight is 462 g/mol. The molecule has 1 aromatic heterocycles. The largest absolute Gasteiger partial charge is 0.467 e. The number of nitrogens with zero attached hydrogens (tertiary/aromatic N) is 2. The third kappa shape index (κ3) is 4.99. The number of anilines is 1. The first-order valence-corrected chi connectivity index (χ1v) is 11.1. The first-order chi connectivity index (χ1) is 16.0. The molecule has 2 heterocycles. The highest BCUT2D eigenvalue weighted by molar-refractivity contribution is 8.05. The summed E-state index contributed by atoms with van der Waals surface area (Å²) in [5.74, 6) is -0.644. The van der Waals surface area contributed by atoms with E-state index in [-0.39, 0.29) is 28.9 Å². The van der Waals surface area contributed by atoms with Gasteiger partial charge in [0.2, 0.25) is 5.91 Å². The van der Waals surface area contributed by atoms with Crippen LogP contribution in [0.25, 0.3) is 0 Å². The van der Waals surface area contributed by atoms with Gasteiger partial charge in [-0.05, 0) is 55.3 Å². The number of benzene rings is 2. The molecule has 1 atom stereocenters. The van der Waals surface area contributed by atoms with Crippen LogP contribution in [0.15, 0.2) is 81.9 Å². The van der Waals surface area contributed by atoms with E-state index in [4.69, 9.17) is 4.42 Å². The van der Waals surface area contributed by atoms with Crippen molar-refractivity contribution >= 4 is 29.3 Å². The number of hydrogen-bond acceptors (Lipinski definition) is 5. The zero-order valence-electron chi connectivity index (χ0n) is 17.7. The average Bonchev–Trinajstić information content (AvgIpc) is 3.44. The Morgan fingerprint density at radius 2 is 1.91 bits per heavy atom. The summed E-state index contributed by atoms with van der Waals surface area (Å²) in [6, 6.07) is 18.6. The summed E-state index contributed by atoms with van der Waals surface area (Å²) >= 11 is 1.16. The Labute approximate surface area is 194 Å². The molecule has 2 aromatic carbocycles. The molecule has 0 radical (unpaired) electrons. The van der Waals surface area contributed by atoms with Crippen LogP contribution in [-0.4, -0.2) is 17.1 Å². The molecule has 1 N–H and O–H groups in total. The number of carbonyl (C=O) groups is 2. The zero-order chi connectivity index (χ0) is 23.4. The predicted octanol–water partition coefficient (Wildman–Crippen LogP) is 4.47. The van der Waals surface area contributed by atoms with Gasteiger partial charge in [-0.2, -0.15) is 5.26 Å². The summed E-state index contributed by atoms with van der Waals surface area (Å²) in [7, 11) is 0. The molecule has 1 saturated heterocycles. The van der Waals surface area contributed by atoms with Crippen molar-refractivity contribution in [1.82, 2.24) is 5.32 Å². The molecule has 0 saturated carbocycles. The summed E-state index contributed by atoms with van der Waals surface area (Å²) in [5, 5.41) is 12.2. The van der Waals surface area contributed by atoms with Crippen molar-refractivity contribution in [2.24, 2.45) is 0 Å². The number of nitriles is 1. The molecule has 1 aliphatic rings. The van der Waals surface area contributed by atoms with E-state index in [9.17, 15) is 19.2 Å². The normalized spacial score (nSPS) is 17.1. The van der Waals surface area contributed by atoms with Crippen LogP contribution in [0.3, 0.4) is 0 Å². The molecular formula is C25H20FN3O3S. The van der Waals surface area contributed by atoms with Crippen LogP contribution in [0.5, 0.6) is 0 Å². The second-order valence-corrected chi connectivity index (χ2v) is 8.69. The molecule has 0 aliphatic carbocycles. The topological polar surface area (TPSA) is 86.3 Å². The lowest BCUT2D eigenvalue weighted by molar-refractivity contribution is -0.117. The van der Waals surface area contributed by atoms with Crippen LogP contribution in [-0.2, 0) is 22.6 Å². The lowest BCUT2D eigenvalue weighted by Gasteiger charge is -2.19. The van der Waals surface area contributed by atoms with Crippen molar-refractivity contribution in [3.63, 3.8) is 0 Å². The highest BCUT2D eigenvalue weighted by Gasteiger charge is 2.40. The Balaban J connectivity index is 1.67. The molecule has 33 heavy (non-hydrogen) atoms. The van der Waals surface area contributed by atoms with Crippen molar-refractivity contribution in [3.05, 3.63) is 100 Å². The van der Waals surface area contributed by atoms with Crippen LogP contribution >= 0.6 is 11.8 Å². The van der Waals surface area contributed by atoms with Gasteiger partial charge in [0.25, 0.3) is 5.91 Å². The molecule has 8 heteroatoms. The number of halogens is 1. The fourth-order valence-corrected chi connectivity index (χ4v) is 4.73. The number of aryl methyl sites for hydroxylation is 1. The van der Waals surface area contributed by atoms with E-state index >= 15 is 0 Å². The van der Waals surface area contributed by atoms with E-state index in [0.717, 1.165) is 22.9 Å². The lowest BCUT2D eigenvalue weighted by atomic mass is 10.1. The number of amides is 2. The predicted molar refractivity (Wildman–Crippen MR) is 123 cm³/mol. The van der Waals surface area contributed by atoms with Crippen molar-refractivity contribution < 1.29 is 18.4 Å².